The van der Waals surface area contributed by atoms with E-state index in [9.17, 15) is 4.79 Å². The van der Waals surface area contributed by atoms with Crippen molar-refractivity contribution < 1.29 is 14.0 Å². The molecule has 1 rings (SSSR count). The van der Waals surface area contributed by atoms with E-state index in [1.165, 1.54) is 0 Å². The van der Waals surface area contributed by atoms with Gasteiger partial charge in [-0.3, -0.25) is 4.79 Å². The first kappa shape index (κ1) is 14.7. The van der Waals surface area contributed by atoms with Crippen LogP contribution in [0, 0.1) is 5.92 Å². The predicted octanol–water partition coefficient (Wildman–Crippen LogP) is 3.35. The highest BCUT2D eigenvalue weighted by Crippen LogP contribution is 2.36. The highest BCUT2D eigenvalue weighted by Gasteiger charge is 2.39. The fourth-order valence-electron chi connectivity index (χ4n) is 1.67. The molecule has 0 unspecified atom stereocenters. The van der Waals surface area contributed by atoms with Crippen LogP contribution < -0.4 is 0 Å². The Labute approximate surface area is 106 Å². The van der Waals surface area contributed by atoms with Gasteiger partial charge < -0.3 is 9.16 Å². The number of cyclic esters (lactones) is 1. The number of rotatable bonds is 5. The van der Waals surface area contributed by atoms with Gasteiger partial charge in [-0.2, -0.15) is 0 Å². The Morgan fingerprint density at radius 3 is 2.35 bits per heavy atom. The molecule has 0 N–H and O–H groups in total. The van der Waals surface area contributed by atoms with E-state index in [0.29, 0.717) is 0 Å². The minimum Gasteiger partial charge on any atom is -0.461 e. The van der Waals surface area contributed by atoms with Crippen LogP contribution in [0.5, 0.6) is 0 Å². The molecule has 1 aliphatic heterocycles. The summed E-state index contributed by atoms with van der Waals surface area (Å²) in [5.41, 5.74) is 0. The number of ether oxygens (including phenoxy) is 1. The smallest absolute Gasteiger partial charge is 0.312 e. The van der Waals surface area contributed by atoms with Crippen molar-refractivity contribution in [1.82, 2.24) is 0 Å². The molecule has 1 heterocycles. The summed E-state index contributed by atoms with van der Waals surface area (Å²) in [5, 5.41) is 0.260. The van der Waals surface area contributed by atoms with Crippen molar-refractivity contribution in [1.29, 1.82) is 0 Å². The number of hydrogen-bond donors (Lipinski definition) is 0. The standard InChI is InChI=1S/C13H26O3Si/c1-10-11(12(14)16-10)8-7-9-15-17(5,6)13(2,3)4/h10-11H,7-9H2,1-6H3/t10-,11-/m0/s1. The number of hydrogen-bond acceptors (Lipinski definition) is 3. The second kappa shape index (κ2) is 5.10. The lowest BCUT2D eigenvalue weighted by molar-refractivity contribution is -0.182. The quantitative estimate of drug-likeness (QED) is 0.431. The van der Waals surface area contributed by atoms with E-state index in [0.717, 1.165) is 19.4 Å². The van der Waals surface area contributed by atoms with E-state index in [2.05, 4.69) is 33.9 Å². The zero-order valence-electron chi connectivity index (χ0n) is 12.0. The predicted molar refractivity (Wildman–Crippen MR) is 71.4 cm³/mol. The molecule has 1 fully saturated rings. The average molecular weight is 258 g/mol. The summed E-state index contributed by atoms with van der Waals surface area (Å²) >= 11 is 0. The molecular weight excluding hydrogens is 232 g/mol. The maximum absolute atomic E-state index is 11.1. The van der Waals surface area contributed by atoms with Gasteiger partial charge in [0.2, 0.25) is 0 Å². The van der Waals surface area contributed by atoms with Crippen molar-refractivity contribution in [2.45, 2.75) is 64.8 Å². The molecule has 0 spiro atoms. The van der Waals surface area contributed by atoms with Crippen molar-refractivity contribution in [3.8, 4) is 0 Å². The zero-order valence-corrected chi connectivity index (χ0v) is 13.0. The minimum absolute atomic E-state index is 0.0372. The van der Waals surface area contributed by atoms with Crippen LogP contribution in [-0.2, 0) is 14.0 Å². The monoisotopic (exact) mass is 258 g/mol. The van der Waals surface area contributed by atoms with Crippen molar-refractivity contribution >= 4 is 14.3 Å². The van der Waals surface area contributed by atoms with Crippen molar-refractivity contribution in [3.63, 3.8) is 0 Å². The van der Waals surface area contributed by atoms with E-state index in [1.807, 2.05) is 6.92 Å². The summed E-state index contributed by atoms with van der Waals surface area (Å²) in [4.78, 5) is 11.1. The van der Waals surface area contributed by atoms with Crippen molar-refractivity contribution in [3.05, 3.63) is 0 Å². The van der Waals surface area contributed by atoms with Gasteiger partial charge in [0.15, 0.2) is 8.32 Å². The number of carbonyl (C=O) groups is 1. The van der Waals surface area contributed by atoms with Gasteiger partial charge in [-0.1, -0.05) is 20.8 Å². The van der Waals surface area contributed by atoms with Gasteiger partial charge in [0, 0.05) is 6.61 Å². The molecule has 2 atom stereocenters. The second-order valence-corrected chi connectivity index (χ2v) is 11.3. The van der Waals surface area contributed by atoms with Gasteiger partial charge in [0.1, 0.15) is 6.10 Å². The van der Waals surface area contributed by atoms with Gasteiger partial charge in [0.25, 0.3) is 0 Å². The van der Waals surface area contributed by atoms with E-state index in [4.69, 9.17) is 9.16 Å². The molecule has 17 heavy (non-hydrogen) atoms. The van der Waals surface area contributed by atoms with Crippen LogP contribution in [0.4, 0.5) is 0 Å². The Morgan fingerprint density at radius 1 is 1.35 bits per heavy atom. The first-order valence-corrected chi connectivity index (χ1v) is 9.40. The van der Waals surface area contributed by atoms with Crippen LogP contribution in [0.15, 0.2) is 0 Å². The molecular formula is C13H26O3Si. The molecule has 0 aromatic carbocycles. The van der Waals surface area contributed by atoms with E-state index in [1.54, 1.807) is 0 Å². The summed E-state index contributed by atoms with van der Waals surface area (Å²) in [7, 11) is -1.62. The fourth-order valence-corrected chi connectivity index (χ4v) is 2.76. The number of carbonyl (C=O) groups excluding carboxylic acids is 1. The zero-order chi connectivity index (χ0) is 13.3. The highest BCUT2D eigenvalue weighted by molar-refractivity contribution is 6.74. The largest absolute Gasteiger partial charge is 0.461 e. The van der Waals surface area contributed by atoms with Gasteiger partial charge in [-0.25, -0.2) is 0 Å². The van der Waals surface area contributed by atoms with Gasteiger partial charge in [-0.15, -0.1) is 0 Å². The fraction of sp³-hybridized carbons (Fsp3) is 0.923. The van der Waals surface area contributed by atoms with Crippen LogP contribution in [0.2, 0.25) is 18.1 Å². The molecule has 1 aliphatic rings. The summed E-state index contributed by atoms with van der Waals surface area (Å²) < 4.78 is 11.0. The van der Waals surface area contributed by atoms with Gasteiger partial charge >= 0.3 is 5.97 Å². The van der Waals surface area contributed by atoms with Crippen molar-refractivity contribution in [2.24, 2.45) is 5.92 Å². The third-order valence-electron chi connectivity index (χ3n) is 4.10. The normalized spacial score (nSPS) is 25.4. The van der Waals surface area contributed by atoms with E-state index in [-0.39, 0.29) is 23.0 Å². The van der Waals surface area contributed by atoms with Crippen LogP contribution in [0.1, 0.15) is 40.5 Å². The molecule has 100 valence electrons. The van der Waals surface area contributed by atoms with Gasteiger partial charge in [0.05, 0.1) is 5.92 Å². The second-order valence-electron chi connectivity index (χ2n) is 6.50. The van der Waals surface area contributed by atoms with Crippen LogP contribution in [0.25, 0.3) is 0 Å². The molecule has 0 aromatic heterocycles. The summed E-state index contributed by atoms with van der Waals surface area (Å²) in [6.07, 6.45) is 1.96. The Bertz CT molecular complexity index is 281. The lowest BCUT2D eigenvalue weighted by atomic mass is 9.93. The van der Waals surface area contributed by atoms with Crippen molar-refractivity contribution in [2.75, 3.05) is 6.61 Å². The lowest BCUT2D eigenvalue weighted by Crippen LogP contribution is -2.43. The third-order valence-corrected chi connectivity index (χ3v) is 8.64. The molecule has 0 radical (unpaired) electrons. The Kier molecular flexibility index (Phi) is 4.41. The maximum Gasteiger partial charge on any atom is 0.312 e. The minimum atomic E-state index is -1.62. The Balaban J connectivity index is 2.22. The third kappa shape index (κ3) is 3.55. The first-order chi connectivity index (χ1) is 7.65. The first-order valence-electron chi connectivity index (χ1n) is 6.49. The summed E-state index contributed by atoms with van der Waals surface area (Å²) in [6.45, 7) is 14.0. The summed E-state index contributed by atoms with van der Waals surface area (Å²) in [5.74, 6) is 0.0721. The SMILES string of the molecule is C[C@@H]1OC(=O)[C@H]1CCCO[Si](C)(C)C(C)(C)C. The van der Waals surface area contributed by atoms with Crippen LogP contribution in [-0.4, -0.2) is 27.0 Å². The van der Waals surface area contributed by atoms with E-state index >= 15 is 0 Å². The molecule has 0 saturated carbocycles. The lowest BCUT2D eigenvalue weighted by Gasteiger charge is -2.37. The number of esters is 1. The maximum atomic E-state index is 11.1. The Morgan fingerprint density at radius 2 is 1.94 bits per heavy atom. The molecule has 0 aromatic rings. The molecule has 0 bridgehead atoms. The topological polar surface area (TPSA) is 35.5 Å². The molecule has 1 saturated heterocycles. The highest BCUT2D eigenvalue weighted by atomic mass is 28.4. The summed E-state index contributed by atoms with van der Waals surface area (Å²) in [6, 6.07) is 0. The van der Waals surface area contributed by atoms with E-state index < -0.39 is 8.32 Å². The average Bonchev–Trinajstić information content (AvgIpc) is 2.15. The molecule has 3 nitrogen and oxygen atoms in total. The van der Waals surface area contributed by atoms with Crippen LogP contribution >= 0.6 is 0 Å². The molecule has 0 aliphatic carbocycles. The Hall–Kier alpha value is -0.353. The van der Waals surface area contributed by atoms with Crippen LogP contribution in [0.3, 0.4) is 0 Å². The molecule has 4 heteroatoms. The van der Waals surface area contributed by atoms with Gasteiger partial charge in [-0.05, 0) is 37.9 Å². The molecule has 0 amide bonds.